The molecule has 4 nitrogen and oxygen atoms in total. The Labute approximate surface area is 110 Å². The molecule has 0 aliphatic carbocycles. The van der Waals surface area contributed by atoms with Crippen molar-refractivity contribution < 1.29 is 4.79 Å². The van der Waals surface area contributed by atoms with E-state index in [0.29, 0.717) is 5.56 Å². The Morgan fingerprint density at radius 3 is 2.58 bits per heavy atom. The van der Waals surface area contributed by atoms with Crippen molar-refractivity contribution in [1.82, 2.24) is 9.55 Å². The predicted molar refractivity (Wildman–Crippen MR) is 74.7 cm³/mol. The SMILES string of the molecule is Cn1c(-c2ccccc2)nc2cc(C(N)=O)ccc21. The molecule has 0 saturated heterocycles. The van der Waals surface area contributed by atoms with Crippen LogP contribution in [0.4, 0.5) is 0 Å². The van der Waals surface area contributed by atoms with Gasteiger partial charge in [-0.25, -0.2) is 4.98 Å². The zero-order valence-electron chi connectivity index (χ0n) is 10.5. The van der Waals surface area contributed by atoms with Crippen LogP contribution in [0.1, 0.15) is 10.4 Å². The van der Waals surface area contributed by atoms with Crippen LogP contribution in [0.3, 0.4) is 0 Å². The first-order chi connectivity index (χ1) is 9.16. The third-order valence-electron chi connectivity index (χ3n) is 3.20. The Balaban J connectivity index is 2.23. The number of carbonyl (C=O) groups is 1. The number of aryl methyl sites for hydroxylation is 1. The molecule has 3 aromatic rings. The van der Waals surface area contributed by atoms with Gasteiger partial charge in [-0.3, -0.25) is 4.79 Å². The molecule has 0 aliphatic heterocycles. The van der Waals surface area contributed by atoms with E-state index in [2.05, 4.69) is 4.98 Å². The standard InChI is InChI=1S/C15H13N3O/c1-18-13-8-7-11(14(16)19)9-12(13)17-15(18)10-5-3-2-4-6-10/h2-9H,1H3,(H2,16,19). The summed E-state index contributed by atoms with van der Waals surface area (Å²) in [6.07, 6.45) is 0. The van der Waals surface area contributed by atoms with E-state index >= 15 is 0 Å². The smallest absolute Gasteiger partial charge is 0.248 e. The average Bonchev–Trinajstić information content (AvgIpc) is 2.76. The number of rotatable bonds is 2. The second kappa shape index (κ2) is 4.24. The van der Waals surface area contributed by atoms with Gasteiger partial charge in [0, 0.05) is 18.2 Å². The van der Waals surface area contributed by atoms with Crippen molar-refractivity contribution in [1.29, 1.82) is 0 Å². The summed E-state index contributed by atoms with van der Waals surface area (Å²) in [5, 5.41) is 0. The van der Waals surface area contributed by atoms with Crippen LogP contribution >= 0.6 is 0 Å². The molecule has 2 aromatic carbocycles. The van der Waals surface area contributed by atoms with Gasteiger partial charge in [0.25, 0.3) is 0 Å². The number of nitrogens with two attached hydrogens (primary N) is 1. The van der Waals surface area contributed by atoms with E-state index in [1.807, 2.05) is 48.0 Å². The number of benzene rings is 2. The Morgan fingerprint density at radius 1 is 1.16 bits per heavy atom. The maximum atomic E-state index is 11.2. The van der Waals surface area contributed by atoms with Gasteiger partial charge in [0.15, 0.2) is 0 Å². The highest BCUT2D eigenvalue weighted by atomic mass is 16.1. The second-order valence-electron chi connectivity index (χ2n) is 4.43. The third-order valence-corrected chi connectivity index (χ3v) is 3.20. The van der Waals surface area contributed by atoms with E-state index in [4.69, 9.17) is 5.73 Å². The molecule has 1 amide bonds. The number of amides is 1. The molecule has 0 atom stereocenters. The number of hydrogen-bond acceptors (Lipinski definition) is 2. The van der Waals surface area contributed by atoms with E-state index in [0.717, 1.165) is 22.4 Å². The normalized spacial score (nSPS) is 10.8. The summed E-state index contributed by atoms with van der Waals surface area (Å²) in [5.74, 6) is 0.436. The minimum absolute atomic E-state index is 0.436. The molecule has 1 aromatic heterocycles. The summed E-state index contributed by atoms with van der Waals surface area (Å²) in [7, 11) is 1.96. The first-order valence-electron chi connectivity index (χ1n) is 5.98. The fourth-order valence-corrected chi connectivity index (χ4v) is 2.20. The molecule has 4 heteroatoms. The van der Waals surface area contributed by atoms with Crippen LogP contribution in [0.25, 0.3) is 22.4 Å². The maximum Gasteiger partial charge on any atom is 0.248 e. The Hall–Kier alpha value is -2.62. The monoisotopic (exact) mass is 251 g/mol. The highest BCUT2D eigenvalue weighted by Crippen LogP contribution is 2.24. The molecule has 2 N–H and O–H groups in total. The van der Waals surface area contributed by atoms with Crippen molar-refractivity contribution in [3.63, 3.8) is 0 Å². The topological polar surface area (TPSA) is 60.9 Å². The van der Waals surface area contributed by atoms with Crippen LogP contribution in [0.5, 0.6) is 0 Å². The maximum absolute atomic E-state index is 11.2. The third kappa shape index (κ3) is 1.87. The molecular weight excluding hydrogens is 238 g/mol. The average molecular weight is 251 g/mol. The van der Waals surface area contributed by atoms with Crippen LogP contribution in [-0.2, 0) is 7.05 Å². The number of carbonyl (C=O) groups excluding carboxylic acids is 1. The summed E-state index contributed by atoms with van der Waals surface area (Å²) >= 11 is 0. The fourth-order valence-electron chi connectivity index (χ4n) is 2.20. The van der Waals surface area contributed by atoms with Crippen molar-refractivity contribution >= 4 is 16.9 Å². The van der Waals surface area contributed by atoms with E-state index < -0.39 is 5.91 Å². The number of fused-ring (bicyclic) bond motifs is 1. The molecule has 0 radical (unpaired) electrons. The number of aromatic nitrogens is 2. The van der Waals surface area contributed by atoms with Crippen molar-refractivity contribution in [2.45, 2.75) is 0 Å². The van der Waals surface area contributed by atoms with E-state index in [-0.39, 0.29) is 0 Å². The van der Waals surface area contributed by atoms with E-state index in [9.17, 15) is 4.79 Å². The molecular formula is C15H13N3O. The number of hydrogen-bond donors (Lipinski definition) is 1. The summed E-state index contributed by atoms with van der Waals surface area (Å²) in [4.78, 5) is 15.8. The number of primary amides is 1. The number of imidazole rings is 1. The Morgan fingerprint density at radius 2 is 1.89 bits per heavy atom. The summed E-state index contributed by atoms with van der Waals surface area (Å²) in [5.41, 5.74) is 8.56. The first kappa shape index (κ1) is 11.5. The van der Waals surface area contributed by atoms with Crippen LogP contribution in [0, 0.1) is 0 Å². The lowest BCUT2D eigenvalue weighted by atomic mass is 10.2. The summed E-state index contributed by atoms with van der Waals surface area (Å²) in [6.45, 7) is 0. The lowest BCUT2D eigenvalue weighted by Gasteiger charge is -2.01. The van der Waals surface area contributed by atoms with Gasteiger partial charge in [0.1, 0.15) is 5.82 Å². The minimum atomic E-state index is -0.436. The van der Waals surface area contributed by atoms with Crippen molar-refractivity contribution in [3.8, 4) is 11.4 Å². The molecule has 0 spiro atoms. The van der Waals surface area contributed by atoms with Gasteiger partial charge in [-0.1, -0.05) is 30.3 Å². The van der Waals surface area contributed by atoms with Gasteiger partial charge in [-0.2, -0.15) is 0 Å². The number of nitrogens with zero attached hydrogens (tertiary/aromatic N) is 2. The first-order valence-corrected chi connectivity index (χ1v) is 5.98. The zero-order chi connectivity index (χ0) is 13.4. The van der Waals surface area contributed by atoms with E-state index in [1.165, 1.54) is 0 Å². The van der Waals surface area contributed by atoms with Crippen molar-refractivity contribution in [2.24, 2.45) is 12.8 Å². The highest BCUT2D eigenvalue weighted by Gasteiger charge is 2.11. The van der Waals surface area contributed by atoms with Gasteiger partial charge in [-0.15, -0.1) is 0 Å². The van der Waals surface area contributed by atoms with Crippen LogP contribution < -0.4 is 5.73 Å². The molecule has 0 saturated carbocycles. The minimum Gasteiger partial charge on any atom is -0.366 e. The van der Waals surface area contributed by atoms with Gasteiger partial charge in [0.05, 0.1) is 11.0 Å². The Bertz CT molecular complexity index is 760. The molecule has 1 heterocycles. The predicted octanol–water partition coefficient (Wildman–Crippen LogP) is 2.34. The van der Waals surface area contributed by atoms with Crippen LogP contribution in [0.2, 0.25) is 0 Å². The summed E-state index contributed by atoms with van der Waals surface area (Å²) < 4.78 is 2.01. The van der Waals surface area contributed by atoms with E-state index in [1.54, 1.807) is 12.1 Å². The molecule has 94 valence electrons. The molecule has 0 bridgehead atoms. The molecule has 0 unspecified atom stereocenters. The van der Waals surface area contributed by atoms with Gasteiger partial charge < -0.3 is 10.3 Å². The zero-order valence-corrected chi connectivity index (χ0v) is 10.5. The van der Waals surface area contributed by atoms with Gasteiger partial charge >= 0.3 is 0 Å². The molecule has 3 rings (SSSR count). The van der Waals surface area contributed by atoms with Crippen molar-refractivity contribution in [2.75, 3.05) is 0 Å². The molecule has 19 heavy (non-hydrogen) atoms. The van der Waals surface area contributed by atoms with Gasteiger partial charge in [-0.05, 0) is 18.2 Å². The van der Waals surface area contributed by atoms with Crippen molar-refractivity contribution in [3.05, 3.63) is 54.1 Å². The second-order valence-corrected chi connectivity index (χ2v) is 4.43. The van der Waals surface area contributed by atoms with Crippen LogP contribution in [0.15, 0.2) is 48.5 Å². The fraction of sp³-hybridized carbons (Fsp3) is 0.0667. The Kier molecular flexibility index (Phi) is 2.56. The summed E-state index contributed by atoms with van der Waals surface area (Å²) in [6, 6.07) is 15.3. The lowest BCUT2D eigenvalue weighted by molar-refractivity contribution is 0.100. The van der Waals surface area contributed by atoms with Gasteiger partial charge in [0.2, 0.25) is 5.91 Å². The quantitative estimate of drug-likeness (QED) is 0.760. The van der Waals surface area contributed by atoms with Crippen LogP contribution in [-0.4, -0.2) is 15.5 Å². The lowest BCUT2D eigenvalue weighted by Crippen LogP contribution is -2.10. The highest BCUT2D eigenvalue weighted by molar-refractivity contribution is 5.96. The largest absolute Gasteiger partial charge is 0.366 e. The molecule has 0 fully saturated rings. The molecule has 0 aliphatic rings.